The Morgan fingerprint density at radius 3 is 2.76 bits per heavy atom. The zero-order valence-electron chi connectivity index (χ0n) is 10.4. The highest BCUT2D eigenvalue weighted by atomic mass is 16.3. The van der Waals surface area contributed by atoms with Crippen LogP contribution < -0.4 is 10.6 Å². The summed E-state index contributed by atoms with van der Waals surface area (Å²) in [5.74, 6) is -0.127. The Morgan fingerprint density at radius 2 is 2.12 bits per heavy atom. The van der Waals surface area contributed by atoms with Gasteiger partial charge in [-0.3, -0.25) is 4.79 Å². The van der Waals surface area contributed by atoms with Gasteiger partial charge in [0.2, 0.25) is 0 Å². The topological polar surface area (TPSA) is 61.4 Å². The fourth-order valence-corrected chi connectivity index (χ4v) is 1.57. The number of likely N-dealkylation sites (N-methyl/N-ethyl adjacent to an activating group) is 1. The lowest BCUT2D eigenvalue weighted by atomic mass is 10.0. The molecule has 94 valence electrons. The molecule has 0 saturated heterocycles. The van der Waals surface area contributed by atoms with Gasteiger partial charge >= 0.3 is 0 Å². The molecule has 0 aromatic heterocycles. The number of hydrogen-bond acceptors (Lipinski definition) is 3. The van der Waals surface area contributed by atoms with Crippen molar-refractivity contribution in [2.45, 2.75) is 19.4 Å². The molecule has 0 bridgehead atoms. The van der Waals surface area contributed by atoms with Gasteiger partial charge in [-0.1, -0.05) is 18.2 Å². The van der Waals surface area contributed by atoms with Crippen LogP contribution in [0, 0.1) is 0 Å². The van der Waals surface area contributed by atoms with Gasteiger partial charge in [-0.25, -0.2) is 0 Å². The van der Waals surface area contributed by atoms with Crippen LogP contribution in [-0.2, 0) is 6.42 Å². The molecule has 0 aliphatic rings. The number of benzene rings is 1. The minimum absolute atomic E-state index is 0.0512. The monoisotopic (exact) mass is 236 g/mol. The van der Waals surface area contributed by atoms with Crippen LogP contribution in [0.1, 0.15) is 22.8 Å². The molecule has 17 heavy (non-hydrogen) atoms. The van der Waals surface area contributed by atoms with E-state index in [9.17, 15) is 4.79 Å². The van der Waals surface area contributed by atoms with Crippen LogP contribution in [0.25, 0.3) is 0 Å². The first-order valence-electron chi connectivity index (χ1n) is 5.83. The van der Waals surface area contributed by atoms with Crippen molar-refractivity contribution < 1.29 is 9.90 Å². The fourth-order valence-electron chi connectivity index (χ4n) is 1.57. The first-order valence-corrected chi connectivity index (χ1v) is 5.83. The molecule has 3 N–H and O–H groups in total. The van der Waals surface area contributed by atoms with E-state index < -0.39 is 0 Å². The van der Waals surface area contributed by atoms with Gasteiger partial charge in [-0.15, -0.1) is 0 Å². The smallest absolute Gasteiger partial charge is 0.251 e. The SMILES string of the molecule is CNCCc1ccccc1C(=O)N[C@@H](C)CO. The largest absolute Gasteiger partial charge is 0.394 e. The summed E-state index contributed by atoms with van der Waals surface area (Å²) in [7, 11) is 1.89. The minimum Gasteiger partial charge on any atom is -0.394 e. The maximum atomic E-state index is 12.0. The van der Waals surface area contributed by atoms with Crippen LogP contribution in [0.4, 0.5) is 0 Å². The number of hydrogen-bond donors (Lipinski definition) is 3. The van der Waals surface area contributed by atoms with E-state index in [0.29, 0.717) is 5.56 Å². The molecule has 4 heteroatoms. The third-order valence-corrected chi connectivity index (χ3v) is 2.56. The highest BCUT2D eigenvalue weighted by Crippen LogP contribution is 2.09. The van der Waals surface area contributed by atoms with E-state index in [0.717, 1.165) is 18.5 Å². The van der Waals surface area contributed by atoms with Crippen molar-refractivity contribution in [3.05, 3.63) is 35.4 Å². The number of aliphatic hydroxyl groups is 1. The second-order valence-electron chi connectivity index (χ2n) is 4.07. The van der Waals surface area contributed by atoms with E-state index in [1.54, 1.807) is 6.92 Å². The Hall–Kier alpha value is -1.39. The maximum absolute atomic E-state index is 12.0. The second kappa shape index (κ2) is 7.04. The predicted octanol–water partition coefficient (Wildman–Crippen LogP) is 0.559. The normalized spacial score (nSPS) is 12.2. The molecule has 4 nitrogen and oxygen atoms in total. The number of nitrogens with one attached hydrogen (secondary N) is 2. The zero-order valence-corrected chi connectivity index (χ0v) is 10.4. The lowest BCUT2D eigenvalue weighted by Crippen LogP contribution is -2.35. The average molecular weight is 236 g/mol. The highest BCUT2D eigenvalue weighted by Gasteiger charge is 2.12. The third-order valence-electron chi connectivity index (χ3n) is 2.56. The van der Waals surface area contributed by atoms with E-state index in [1.165, 1.54) is 0 Å². The standard InChI is InChI=1S/C13H20N2O2/c1-10(9-16)15-13(17)12-6-4-3-5-11(12)7-8-14-2/h3-6,10,14,16H,7-9H2,1-2H3,(H,15,17)/t10-/m0/s1. The predicted molar refractivity (Wildman–Crippen MR) is 68.1 cm³/mol. The molecule has 1 atom stereocenters. The fraction of sp³-hybridized carbons (Fsp3) is 0.462. The summed E-state index contributed by atoms with van der Waals surface area (Å²) < 4.78 is 0. The van der Waals surface area contributed by atoms with Crippen molar-refractivity contribution in [3.63, 3.8) is 0 Å². The summed E-state index contributed by atoms with van der Waals surface area (Å²) >= 11 is 0. The molecule has 1 aromatic rings. The van der Waals surface area contributed by atoms with Crippen molar-refractivity contribution in [1.29, 1.82) is 0 Å². The lowest BCUT2D eigenvalue weighted by Gasteiger charge is -2.13. The van der Waals surface area contributed by atoms with E-state index in [-0.39, 0.29) is 18.6 Å². The van der Waals surface area contributed by atoms with Crippen molar-refractivity contribution >= 4 is 5.91 Å². The van der Waals surface area contributed by atoms with Gasteiger partial charge in [0.05, 0.1) is 6.61 Å². The van der Waals surface area contributed by atoms with E-state index in [4.69, 9.17) is 5.11 Å². The van der Waals surface area contributed by atoms with E-state index in [1.807, 2.05) is 31.3 Å². The van der Waals surface area contributed by atoms with Crippen molar-refractivity contribution in [2.24, 2.45) is 0 Å². The number of carbonyl (C=O) groups is 1. The highest BCUT2D eigenvalue weighted by molar-refractivity contribution is 5.95. The van der Waals surface area contributed by atoms with Crippen LogP contribution in [0.15, 0.2) is 24.3 Å². The van der Waals surface area contributed by atoms with Crippen molar-refractivity contribution in [1.82, 2.24) is 10.6 Å². The maximum Gasteiger partial charge on any atom is 0.251 e. The van der Waals surface area contributed by atoms with Crippen LogP contribution in [0.3, 0.4) is 0 Å². The van der Waals surface area contributed by atoms with Gasteiger partial charge in [0, 0.05) is 11.6 Å². The van der Waals surface area contributed by atoms with Crippen LogP contribution in [-0.4, -0.2) is 37.3 Å². The molecule has 0 spiro atoms. The number of rotatable bonds is 6. The summed E-state index contributed by atoms with van der Waals surface area (Å²) in [6, 6.07) is 7.32. The number of amides is 1. The Kier molecular flexibility index (Phi) is 5.66. The Labute approximate surface area is 102 Å². The molecule has 0 radical (unpaired) electrons. The van der Waals surface area contributed by atoms with Gasteiger partial charge in [0.1, 0.15) is 0 Å². The summed E-state index contributed by atoms with van der Waals surface area (Å²) in [5, 5.41) is 14.7. The van der Waals surface area contributed by atoms with Gasteiger partial charge in [0.15, 0.2) is 0 Å². The molecule has 0 unspecified atom stereocenters. The summed E-state index contributed by atoms with van der Waals surface area (Å²) in [6.07, 6.45) is 0.813. The lowest BCUT2D eigenvalue weighted by molar-refractivity contribution is 0.0921. The average Bonchev–Trinajstić information content (AvgIpc) is 2.36. The molecular weight excluding hydrogens is 216 g/mol. The van der Waals surface area contributed by atoms with Crippen LogP contribution in [0.5, 0.6) is 0 Å². The molecule has 1 rings (SSSR count). The minimum atomic E-state index is -0.222. The summed E-state index contributed by atoms with van der Waals surface area (Å²) in [6.45, 7) is 2.55. The van der Waals surface area contributed by atoms with Crippen molar-refractivity contribution in [2.75, 3.05) is 20.2 Å². The number of aliphatic hydroxyl groups excluding tert-OH is 1. The van der Waals surface area contributed by atoms with Gasteiger partial charge in [0.25, 0.3) is 5.91 Å². The molecule has 1 amide bonds. The van der Waals surface area contributed by atoms with E-state index in [2.05, 4.69) is 10.6 Å². The van der Waals surface area contributed by atoms with Crippen LogP contribution >= 0.6 is 0 Å². The molecule has 0 fully saturated rings. The molecule has 1 aromatic carbocycles. The Bertz CT molecular complexity index is 366. The van der Waals surface area contributed by atoms with Gasteiger partial charge < -0.3 is 15.7 Å². The second-order valence-corrected chi connectivity index (χ2v) is 4.07. The Morgan fingerprint density at radius 1 is 1.41 bits per heavy atom. The quantitative estimate of drug-likeness (QED) is 0.676. The summed E-state index contributed by atoms with van der Waals surface area (Å²) in [4.78, 5) is 12.0. The zero-order chi connectivity index (χ0) is 12.7. The van der Waals surface area contributed by atoms with E-state index >= 15 is 0 Å². The third kappa shape index (κ3) is 4.17. The van der Waals surface area contributed by atoms with Crippen molar-refractivity contribution in [3.8, 4) is 0 Å². The molecule has 0 saturated carbocycles. The molecule has 0 aliphatic heterocycles. The molecular formula is C13H20N2O2. The van der Waals surface area contributed by atoms with Gasteiger partial charge in [-0.05, 0) is 38.6 Å². The Balaban J connectivity index is 2.77. The number of carbonyl (C=O) groups excluding carboxylic acids is 1. The summed E-state index contributed by atoms with van der Waals surface area (Å²) in [5.41, 5.74) is 1.70. The van der Waals surface area contributed by atoms with Gasteiger partial charge in [-0.2, -0.15) is 0 Å². The molecule has 0 heterocycles. The first-order chi connectivity index (χ1) is 8.19. The molecule has 0 aliphatic carbocycles. The van der Waals surface area contributed by atoms with Crippen LogP contribution in [0.2, 0.25) is 0 Å². The first kappa shape index (κ1) is 13.7.